The summed E-state index contributed by atoms with van der Waals surface area (Å²) < 4.78 is 38.7. The molecule has 0 radical (unpaired) electrons. The molecule has 0 saturated carbocycles. The van der Waals surface area contributed by atoms with E-state index in [-0.39, 0.29) is 5.69 Å². The van der Waals surface area contributed by atoms with Crippen LogP contribution in [0.5, 0.6) is 0 Å². The first-order valence-electron chi connectivity index (χ1n) is 10.3. The van der Waals surface area contributed by atoms with Gasteiger partial charge >= 0.3 is 6.18 Å². The fourth-order valence-corrected chi connectivity index (χ4v) is 4.01. The second-order valence-corrected chi connectivity index (χ2v) is 7.90. The molecular formula is C24H22F3N3O3. The lowest BCUT2D eigenvalue weighted by atomic mass is 9.90. The summed E-state index contributed by atoms with van der Waals surface area (Å²) in [6, 6.07) is 15.8. The number of aliphatic hydroxyl groups excluding tert-OH is 2. The number of fused-ring (bicyclic) bond motifs is 1. The molecule has 0 aliphatic carbocycles. The molecule has 1 aromatic heterocycles. The van der Waals surface area contributed by atoms with Crippen molar-refractivity contribution in [3.63, 3.8) is 0 Å². The summed E-state index contributed by atoms with van der Waals surface area (Å²) in [6.45, 7) is 1.10. The number of amides is 1. The number of nitrogens with two attached hydrogens (primary N) is 1. The van der Waals surface area contributed by atoms with Crippen molar-refractivity contribution >= 4 is 11.7 Å². The maximum atomic E-state index is 12.9. The smallest absolute Gasteiger partial charge is 0.383 e. The minimum atomic E-state index is -4.38. The molecule has 172 valence electrons. The molecule has 1 amide bonds. The number of aromatic nitrogens is 1. The lowest BCUT2D eigenvalue weighted by molar-refractivity contribution is -0.137. The molecule has 2 unspecified atom stereocenters. The van der Waals surface area contributed by atoms with Crippen molar-refractivity contribution in [1.29, 1.82) is 0 Å². The Bertz CT molecular complexity index is 1170. The standard InChI is InChI=1S/C24H22F3N3O3/c25-24(26,27)16-9-7-14(8-10-16)17-4-1-3-15-13-30(12-11-18(15)17)20-6-2-5-19(29-20)21(31)22(32)23(28)33/h1-10,21-22,31-32H,11-13H2,(H2,28,33). The van der Waals surface area contributed by atoms with E-state index < -0.39 is 29.9 Å². The van der Waals surface area contributed by atoms with Crippen LogP contribution in [0.4, 0.5) is 19.0 Å². The van der Waals surface area contributed by atoms with Crippen LogP contribution in [0.3, 0.4) is 0 Å². The molecule has 33 heavy (non-hydrogen) atoms. The van der Waals surface area contributed by atoms with E-state index >= 15 is 0 Å². The number of hydrogen-bond donors (Lipinski definition) is 3. The Morgan fingerprint density at radius 1 is 1.03 bits per heavy atom. The van der Waals surface area contributed by atoms with Crippen molar-refractivity contribution in [3.05, 3.63) is 83.0 Å². The molecule has 2 aromatic carbocycles. The SMILES string of the molecule is NC(=O)C(O)C(O)c1cccc(N2CCc3c(cccc3-c3ccc(C(F)(F)F)cc3)C2)n1. The van der Waals surface area contributed by atoms with Gasteiger partial charge in [0.2, 0.25) is 5.91 Å². The third-order valence-corrected chi connectivity index (χ3v) is 5.76. The van der Waals surface area contributed by atoms with Gasteiger partial charge in [0.1, 0.15) is 11.9 Å². The Hall–Kier alpha value is -3.43. The summed E-state index contributed by atoms with van der Waals surface area (Å²) >= 11 is 0. The molecule has 0 spiro atoms. The summed E-state index contributed by atoms with van der Waals surface area (Å²) in [4.78, 5) is 17.6. The molecule has 4 N–H and O–H groups in total. The fraction of sp³-hybridized carbons (Fsp3) is 0.250. The van der Waals surface area contributed by atoms with E-state index in [0.717, 1.165) is 34.4 Å². The van der Waals surface area contributed by atoms with Crippen LogP contribution in [-0.2, 0) is 23.9 Å². The molecule has 4 rings (SSSR count). The van der Waals surface area contributed by atoms with Gasteiger partial charge in [-0.1, -0.05) is 36.4 Å². The molecule has 0 saturated heterocycles. The zero-order valence-corrected chi connectivity index (χ0v) is 17.5. The van der Waals surface area contributed by atoms with Crippen LogP contribution in [0.15, 0.2) is 60.7 Å². The Kier molecular flexibility index (Phi) is 6.09. The minimum Gasteiger partial charge on any atom is -0.383 e. The average Bonchev–Trinajstić information content (AvgIpc) is 2.82. The van der Waals surface area contributed by atoms with Crippen molar-refractivity contribution in [1.82, 2.24) is 4.98 Å². The molecule has 3 aromatic rings. The number of halogens is 3. The van der Waals surface area contributed by atoms with Crippen LogP contribution in [0.1, 0.15) is 28.5 Å². The highest BCUT2D eigenvalue weighted by molar-refractivity contribution is 5.79. The van der Waals surface area contributed by atoms with Gasteiger partial charge in [-0.15, -0.1) is 0 Å². The minimum absolute atomic E-state index is 0.128. The molecule has 9 heteroatoms. The molecule has 1 aliphatic rings. The summed E-state index contributed by atoms with van der Waals surface area (Å²) in [5.41, 5.74) is 8.19. The molecule has 0 fully saturated rings. The first kappa shape index (κ1) is 22.8. The lowest BCUT2D eigenvalue weighted by Gasteiger charge is -2.31. The van der Waals surface area contributed by atoms with Crippen LogP contribution in [0.25, 0.3) is 11.1 Å². The van der Waals surface area contributed by atoms with E-state index in [9.17, 15) is 28.2 Å². The van der Waals surface area contributed by atoms with Gasteiger partial charge in [-0.25, -0.2) is 4.98 Å². The summed E-state index contributed by atoms with van der Waals surface area (Å²) in [7, 11) is 0. The van der Waals surface area contributed by atoms with E-state index in [1.54, 1.807) is 12.1 Å². The molecule has 6 nitrogen and oxygen atoms in total. The van der Waals surface area contributed by atoms with Gasteiger partial charge in [-0.2, -0.15) is 13.2 Å². The van der Waals surface area contributed by atoms with Crippen LogP contribution in [-0.4, -0.2) is 33.8 Å². The number of benzene rings is 2. The van der Waals surface area contributed by atoms with Crippen molar-refractivity contribution in [2.45, 2.75) is 31.3 Å². The number of pyridine rings is 1. The lowest BCUT2D eigenvalue weighted by Crippen LogP contribution is -2.35. The average molecular weight is 457 g/mol. The number of rotatable bonds is 5. The Morgan fingerprint density at radius 3 is 2.39 bits per heavy atom. The van der Waals surface area contributed by atoms with Gasteiger partial charge in [-0.05, 0) is 52.9 Å². The normalized spacial score (nSPS) is 15.6. The Labute approximate surface area is 188 Å². The van der Waals surface area contributed by atoms with E-state index in [2.05, 4.69) is 4.98 Å². The van der Waals surface area contributed by atoms with Gasteiger partial charge in [0, 0.05) is 13.1 Å². The van der Waals surface area contributed by atoms with E-state index in [0.29, 0.717) is 25.3 Å². The van der Waals surface area contributed by atoms with Crippen molar-refractivity contribution in [3.8, 4) is 11.1 Å². The van der Waals surface area contributed by atoms with Gasteiger partial charge in [0.05, 0.1) is 11.3 Å². The highest BCUT2D eigenvalue weighted by Gasteiger charge is 2.30. The summed E-state index contributed by atoms with van der Waals surface area (Å²) in [5, 5.41) is 19.9. The number of hydrogen-bond acceptors (Lipinski definition) is 5. The van der Waals surface area contributed by atoms with Gasteiger partial charge in [-0.3, -0.25) is 4.79 Å². The van der Waals surface area contributed by atoms with Crippen LogP contribution >= 0.6 is 0 Å². The zero-order chi connectivity index (χ0) is 23.8. The monoisotopic (exact) mass is 457 g/mol. The maximum Gasteiger partial charge on any atom is 0.416 e. The van der Waals surface area contributed by atoms with Crippen molar-refractivity contribution < 1.29 is 28.2 Å². The van der Waals surface area contributed by atoms with Gasteiger partial charge < -0.3 is 20.8 Å². The molecule has 0 bridgehead atoms. The fourth-order valence-electron chi connectivity index (χ4n) is 4.01. The number of carbonyl (C=O) groups is 1. The highest BCUT2D eigenvalue weighted by atomic mass is 19.4. The topological polar surface area (TPSA) is 99.7 Å². The molecule has 2 atom stereocenters. The largest absolute Gasteiger partial charge is 0.416 e. The second-order valence-electron chi connectivity index (χ2n) is 7.90. The van der Waals surface area contributed by atoms with Crippen LogP contribution in [0.2, 0.25) is 0 Å². The van der Waals surface area contributed by atoms with Crippen molar-refractivity contribution in [2.24, 2.45) is 5.73 Å². The maximum absolute atomic E-state index is 12.9. The predicted molar refractivity (Wildman–Crippen MR) is 116 cm³/mol. The number of alkyl halides is 3. The summed E-state index contributed by atoms with van der Waals surface area (Å²) in [5.74, 6) is -0.480. The highest BCUT2D eigenvalue weighted by Crippen LogP contribution is 2.34. The number of aliphatic hydroxyl groups is 2. The van der Waals surface area contributed by atoms with Crippen LogP contribution < -0.4 is 10.6 Å². The molecule has 2 heterocycles. The first-order valence-corrected chi connectivity index (χ1v) is 10.3. The zero-order valence-electron chi connectivity index (χ0n) is 17.5. The van der Waals surface area contributed by atoms with Gasteiger partial charge in [0.25, 0.3) is 0 Å². The third-order valence-electron chi connectivity index (χ3n) is 5.76. The number of nitrogens with zero attached hydrogens (tertiary/aromatic N) is 2. The quantitative estimate of drug-likeness (QED) is 0.547. The Morgan fingerprint density at radius 2 is 1.73 bits per heavy atom. The number of anilines is 1. The molecular weight excluding hydrogens is 435 g/mol. The van der Waals surface area contributed by atoms with E-state index in [1.807, 2.05) is 23.1 Å². The molecule has 1 aliphatic heterocycles. The Balaban J connectivity index is 1.58. The number of primary amides is 1. The summed E-state index contributed by atoms with van der Waals surface area (Å²) in [6.07, 6.45) is -7.03. The van der Waals surface area contributed by atoms with Crippen molar-refractivity contribution in [2.75, 3.05) is 11.4 Å². The van der Waals surface area contributed by atoms with Gasteiger partial charge in [0.15, 0.2) is 6.10 Å². The van der Waals surface area contributed by atoms with Crippen LogP contribution in [0, 0.1) is 0 Å². The second kappa shape index (κ2) is 8.84. The first-order chi connectivity index (χ1) is 15.6. The predicted octanol–water partition coefficient (Wildman–Crippen LogP) is 3.21. The van der Waals surface area contributed by atoms with E-state index in [1.165, 1.54) is 18.2 Å². The van der Waals surface area contributed by atoms with E-state index in [4.69, 9.17) is 5.73 Å². The third kappa shape index (κ3) is 4.69. The number of carbonyl (C=O) groups excluding carboxylic acids is 1.